The molecule has 3 aromatic heterocycles. The number of aromatic amines is 1. The van der Waals surface area contributed by atoms with E-state index < -0.39 is 11.2 Å². The van der Waals surface area contributed by atoms with Crippen LogP contribution in [0, 0.1) is 6.92 Å². The van der Waals surface area contributed by atoms with Crippen LogP contribution in [0.3, 0.4) is 0 Å². The van der Waals surface area contributed by atoms with Crippen molar-refractivity contribution >= 4 is 34.4 Å². The summed E-state index contributed by atoms with van der Waals surface area (Å²) in [5, 5.41) is 0.751. The lowest BCUT2D eigenvalue weighted by Crippen LogP contribution is -2.34. The molecular formula is C15H16ClN5O2S. The minimum Gasteiger partial charge on any atom is -0.291 e. The van der Waals surface area contributed by atoms with Crippen LogP contribution in [0.4, 0.5) is 0 Å². The van der Waals surface area contributed by atoms with E-state index in [4.69, 9.17) is 11.6 Å². The Balaban J connectivity index is 0.00000100. The highest BCUT2D eigenvalue weighted by atomic mass is 35.5. The fourth-order valence-corrected chi connectivity index (χ4v) is 2.71. The van der Waals surface area contributed by atoms with Crippen molar-refractivity contribution in [3.8, 4) is 5.69 Å². The first-order valence-electron chi connectivity index (χ1n) is 7.20. The van der Waals surface area contributed by atoms with Crippen LogP contribution in [0.1, 0.15) is 19.4 Å². The van der Waals surface area contributed by atoms with Crippen molar-refractivity contribution in [3.63, 3.8) is 0 Å². The van der Waals surface area contributed by atoms with Crippen LogP contribution >= 0.6 is 23.4 Å². The van der Waals surface area contributed by atoms with Gasteiger partial charge in [0.25, 0.3) is 5.56 Å². The zero-order valence-electron chi connectivity index (χ0n) is 13.6. The molecule has 0 fully saturated rings. The van der Waals surface area contributed by atoms with E-state index in [0.29, 0.717) is 10.7 Å². The maximum absolute atomic E-state index is 12.6. The van der Waals surface area contributed by atoms with E-state index in [0.717, 1.165) is 4.57 Å². The number of H-pyrrole nitrogens is 1. The van der Waals surface area contributed by atoms with Gasteiger partial charge in [0.05, 0.1) is 5.69 Å². The number of aromatic nitrogens is 5. The molecule has 1 N–H and O–H groups in total. The Labute approximate surface area is 147 Å². The monoisotopic (exact) mass is 365 g/mol. The molecule has 0 aliphatic rings. The average Bonchev–Trinajstić information content (AvgIpc) is 2.58. The predicted molar refractivity (Wildman–Crippen MR) is 96.4 cm³/mol. The van der Waals surface area contributed by atoms with Gasteiger partial charge in [-0.1, -0.05) is 37.2 Å². The Bertz CT molecular complexity index is 979. The van der Waals surface area contributed by atoms with E-state index in [-0.39, 0.29) is 21.9 Å². The molecule has 0 amide bonds. The second kappa shape index (κ2) is 7.59. The molecule has 0 saturated carbocycles. The van der Waals surface area contributed by atoms with Crippen LogP contribution in [0.15, 0.2) is 33.2 Å². The van der Waals surface area contributed by atoms with Gasteiger partial charge < -0.3 is 0 Å². The maximum atomic E-state index is 12.6. The number of hydrogen-bond acceptors (Lipinski definition) is 6. The number of aryl methyl sites for hydroxylation is 1. The van der Waals surface area contributed by atoms with E-state index in [2.05, 4.69) is 19.9 Å². The Morgan fingerprint density at radius 3 is 2.58 bits per heavy atom. The molecule has 0 bridgehead atoms. The molecule has 0 aliphatic carbocycles. The summed E-state index contributed by atoms with van der Waals surface area (Å²) in [5.74, 6) is 0. The van der Waals surface area contributed by atoms with Crippen LogP contribution in [0.5, 0.6) is 0 Å². The first kappa shape index (κ1) is 18.2. The number of hydrogen-bond donors (Lipinski definition) is 1. The number of nitrogens with zero attached hydrogens (tertiary/aromatic N) is 4. The zero-order valence-corrected chi connectivity index (χ0v) is 15.2. The Morgan fingerprint density at radius 1 is 1.25 bits per heavy atom. The van der Waals surface area contributed by atoms with Gasteiger partial charge in [-0.2, -0.15) is 0 Å². The minimum atomic E-state index is -0.624. The molecule has 3 heterocycles. The van der Waals surface area contributed by atoms with E-state index in [1.54, 1.807) is 19.2 Å². The summed E-state index contributed by atoms with van der Waals surface area (Å²) in [6.07, 6.45) is 4.71. The van der Waals surface area contributed by atoms with Crippen molar-refractivity contribution in [1.29, 1.82) is 0 Å². The Hall–Kier alpha value is -2.19. The quantitative estimate of drug-likeness (QED) is 0.426. The van der Waals surface area contributed by atoms with E-state index in [1.807, 2.05) is 13.8 Å². The van der Waals surface area contributed by atoms with Crippen LogP contribution < -0.4 is 11.2 Å². The van der Waals surface area contributed by atoms with Crippen molar-refractivity contribution in [1.82, 2.24) is 24.5 Å². The van der Waals surface area contributed by atoms with Crippen LogP contribution in [0.2, 0.25) is 5.15 Å². The molecule has 0 atom stereocenters. The van der Waals surface area contributed by atoms with E-state index in [1.165, 1.54) is 24.2 Å². The second-order valence-electron chi connectivity index (χ2n) is 4.46. The summed E-state index contributed by atoms with van der Waals surface area (Å²) in [7, 11) is 0. The average molecular weight is 366 g/mol. The van der Waals surface area contributed by atoms with Crippen LogP contribution in [0.25, 0.3) is 16.7 Å². The molecule has 24 heavy (non-hydrogen) atoms. The number of halogens is 1. The zero-order chi connectivity index (χ0) is 17.9. The third kappa shape index (κ3) is 3.20. The van der Waals surface area contributed by atoms with Crippen molar-refractivity contribution in [2.45, 2.75) is 25.9 Å². The van der Waals surface area contributed by atoms with Gasteiger partial charge >= 0.3 is 5.69 Å². The van der Waals surface area contributed by atoms with Gasteiger partial charge in [0, 0.05) is 12.4 Å². The summed E-state index contributed by atoms with van der Waals surface area (Å²) >= 11 is 7.37. The lowest BCUT2D eigenvalue weighted by atomic mass is 10.2. The molecule has 0 saturated heterocycles. The molecule has 3 aromatic rings. The van der Waals surface area contributed by atoms with Crippen molar-refractivity contribution in [2.24, 2.45) is 0 Å². The molecule has 0 unspecified atom stereocenters. The lowest BCUT2D eigenvalue weighted by molar-refractivity contribution is 0.867. The van der Waals surface area contributed by atoms with Crippen molar-refractivity contribution in [3.05, 3.63) is 50.0 Å². The number of pyridine rings is 1. The molecule has 0 aromatic carbocycles. The van der Waals surface area contributed by atoms with Gasteiger partial charge in [-0.05, 0) is 24.8 Å². The van der Waals surface area contributed by atoms with Gasteiger partial charge in [0.2, 0.25) is 0 Å². The van der Waals surface area contributed by atoms with Crippen molar-refractivity contribution < 1.29 is 0 Å². The predicted octanol–water partition coefficient (Wildman–Crippen LogP) is 2.57. The SMILES string of the molecule is CC.CSc1ncc2c(=O)n(-c3c(C)ccnc3Cl)c(=O)[nH]c2n1. The van der Waals surface area contributed by atoms with Crippen LogP contribution in [-0.4, -0.2) is 30.8 Å². The highest BCUT2D eigenvalue weighted by molar-refractivity contribution is 7.98. The molecule has 3 rings (SSSR count). The fourth-order valence-electron chi connectivity index (χ4n) is 2.07. The lowest BCUT2D eigenvalue weighted by Gasteiger charge is -2.10. The van der Waals surface area contributed by atoms with Gasteiger partial charge in [-0.3, -0.25) is 9.78 Å². The smallest absolute Gasteiger partial charge is 0.291 e. The molecule has 7 nitrogen and oxygen atoms in total. The second-order valence-corrected chi connectivity index (χ2v) is 5.59. The van der Waals surface area contributed by atoms with E-state index in [9.17, 15) is 9.59 Å². The summed E-state index contributed by atoms with van der Waals surface area (Å²) in [6, 6.07) is 1.67. The summed E-state index contributed by atoms with van der Waals surface area (Å²) in [6.45, 7) is 5.74. The van der Waals surface area contributed by atoms with Gasteiger partial charge in [-0.15, -0.1) is 0 Å². The molecule has 0 aliphatic heterocycles. The first-order chi connectivity index (χ1) is 11.5. The third-order valence-corrected chi connectivity index (χ3v) is 3.95. The number of fused-ring (bicyclic) bond motifs is 1. The Kier molecular flexibility index (Phi) is 5.74. The largest absolute Gasteiger partial charge is 0.334 e. The Morgan fingerprint density at radius 2 is 1.96 bits per heavy atom. The minimum absolute atomic E-state index is 0.0774. The van der Waals surface area contributed by atoms with E-state index >= 15 is 0 Å². The van der Waals surface area contributed by atoms with Crippen molar-refractivity contribution in [2.75, 3.05) is 6.26 Å². The number of thioether (sulfide) groups is 1. The standard InChI is InChI=1S/C13H10ClN5O2S.C2H6/c1-6-3-4-15-9(14)8(6)19-11(20)7-5-16-12(22-2)17-10(7)18-13(19)21;1-2/h3-5H,1-2H3,(H,16,17,18,21);1-2H3. The molecular weight excluding hydrogens is 350 g/mol. The van der Waals surface area contributed by atoms with Gasteiger partial charge in [0.1, 0.15) is 5.39 Å². The highest BCUT2D eigenvalue weighted by Crippen LogP contribution is 2.19. The maximum Gasteiger partial charge on any atom is 0.334 e. The molecule has 126 valence electrons. The topological polar surface area (TPSA) is 93.5 Å². The first-order valence-corrected chi connectivity index (χ1v) is 8.80. The fraction of sp³-hybridized carbons (Fsp3) is 0.267. The highest BCUT2D eigenvalue weighted by Gasteiger charge is 2.16. The number of nitrogens with one attached hydrogen (secondary N) is 1. The van der Waals surface area contributed by atoms with Crippen LogP contribution in [-0.2, 0) is 0 Å². The molecule has 0 radical (unpaired) electrons. The summed E-state index contributed by atoms with van der Waals surface area (Å²) < 4.78 is 0.953. The number of rotatable bonds is 2. The third-order valence-electron chi connectivity index (χ3n) is 3.12. The summed E-state index contributed by atoms with van der Waals surface area (Å²) in [5.41, 5.74) is -0.0474. The molecule has 0 spiro atoms. The normalized spacial score (nSPS) is 10.4. The summed E-state index contributed by atoms with van der Waals surface area (Å²) in [4.78, 5) is 39.6. The van der Waals surface area contributed by atoms with Gasteiger partial charge in [0.15, 0.2) is 16.0 Å². The van der Waals surface area contributed by atoms with Gasteiger partial charge in [-0.25, -0.2) is 24.3 Å². The molecule has 9 heteroatoms.